The van der Waals surface area contributed by atoms with Crippen molar-refractivity contribution < 1.29 is 17.9 Å². The highest BCUT2D eigenvalue weighted by Gasteiger charge is 2.19. The average Bonchev–Trinajstić information content (AvgIpc) is 2.68. The molecule has 1 nitrogen and oxygen atoms in total. The molecule has 0 saturated carbocycles. The summed E-state index contributed by atoms with van der Waals surface area (Å²) >= 11 is 0. The van der Waals surface area contributed by atoms with Crippen LogP contribution in [0.4, 0.5) is 13.2 Å². The Labute approximate surface area is 156 Å². The predicted octanol–water partition coefficient (Wildman–Crippen LogP) is 6.61. The van der Waals surface area contributed by atoms with Crippen LogP contribution >= 0.6 is 0 Å². The highest BCUT2D eigenvalue weighted by atomic mass is 19.2. The first-order valence-electron chi connectivity index (χ1n) is 8.61. The summed E-state index contributed by atoms with van der Waals surface area (Å²) in [7, 11) is 0. The Kier molecular flexibility index (Phi) is 5.65. The summed E-state index contributed by atoms with van der Waals surface area (Å²) in [6.45, 7) is 7.52. The number of hydrogen-bond acceptors (Lipinski definition) is 1. The first-order valence-corrected chi connectivity index (χ1v) is 8.61. The molecule has 3 rings (SSSR count). The lowest BCUT2D eigenvalue weighted by atomic mass is 9.97. The molecule has 0 amide bonds. The number of aryl methyl sites for hydroxylation is 1. The number of ether oxygens (including phenoxy) is 1. The van der Waals surface area contributed by atoms with Crippen molar-refractivity contribution >= 4 is 10.8 Å². The SMILES string of the molecule is C=CCCc1cc2ccc(-c3ccc(OCC=C)cc3)c(F)c2c(F)c1F. The fraction of sp³-hybridized carbons (Fsp3) is 0.130. The van der Waals surface area contributed by atoms with E-state index in [9.17, 15) is 8.78 Å². The number of fused-ring (bicyclic) bond motifs is 1. The molecule has 0 heterocycles. The van der Waals surface area contributed by atoms with Crippen molar-refractivity contribution in [1.82, 2.24) is 0 Å². The highest BCUT2D eigenvalue weighted by molar-refractivity contribution is 5.89. The number of benzene rings is 3. The number of allylic oxidation sites excluding steroid dienone is 1. The van der Waals surface area contributed by atoms with Gasteiger partial charge in [0, 0.05) is 5.56 Å². The van der Waals surface area contributed by atoms with E-state index in [0.29, 0.717) is 36.1 Å². The second-order valence-corrected chi connectivity index (χ2v) is 6.14. The second kappa shape index (κ2) is 8.12. The summed E-state index contributed by atoms with van der Waals surface area (Å²) in [6.07, 6.45) is 4.09. The molecule has 27 heavy (non-hydrogen) atoms. The lowest BCUT2D eigenvalue weighted by Crippen LogP contribution is -1.99. The van der Waals surface area contributed by atoms with Crippen molar-refractivity contribution in [2.24, 2.45) is 0 Å². The van der Waals surface area contributed by atoms with E-state index in [0.717, 1.165) is 0 Å². The number of rotatable bonds is 7. The fourth-order valence-electron chi connectivity index (χ4n) is 2.98. The summed E-state index contributed by atoms with van der Waals surface area (Å²) in [6, 6.07) is 11.4. The van der Waals surface area contributed by atoms with Gasteiger partial charge in [-0.15, -0.1) is 6.58 Å². The Morgan fingerprint density at radius 2 is 1.59 bits per heavy atom. The molecule has 3 aromatic carbocycles. The molecule has 0 bridgehead atoms. The van der Waals surface area contributed by atoms with Crippen molar-refractivity contribution in [3.63, 3.8) is 0 Å². The van der Waals surface area contributed by atoms with Crippen LogP contribution in [0.25, 0.3) is 21.9 Å². The van der Waals surface area contributed by atoms with Crippen molar-refractivity contribution in [3.05, 3.63) is 90.8 Å². The molecule has 3 aromatic rings. The van der Waals surface area contributed by atoms with E-state index in [1.54, 1.807) is 48.6 Å². The topological polar surface area (TPSA) is 9.23 Å². The molecule has 0 N–H and O–H groups in total. The van der Waals surface area contributed by atoms with Crippen molar-refractivity contribution in [1.29, 1.82) is 0 Å². The molecular weight excluding hydrogens is 349 g/mol. The van der Waals surface area contributed by atoms with Crippen LogP contribution in [-0.4, -0.2) is 6.61 Å². The highest BCUT2D eigenvalue weighted by Crippen LogP contribution is 2.33. The Hall–Kier alpha value is -3.01. The Morgan fingerprint density at radius 1 is 0.852 bits per heavy atom. The van der Waals surface area contributed by atoms with Gasteiger partial charge in [-0.1, -0.05) is 43.0 Å². The Morgan fingerprint density at radius 3 is 2.26 bits per heavy atom. The minimum atomic E-state index is -1.16. The molecule has 0 aromatic heterocycles. The molecule has 0 aliphatic heterocycles. The van der Waals surface area contributed by atoms with Gasteiger partial charge >= 0.3 is 0 Å². The van der Waals surface area contributed by atoms with Crippen molar-refractivity contribution in [2.75, 3.05) is 6.61 Å². The monoisotopic (exact) mass is 368 g/mol. The molecular formula is C23H19F3O. The quantitative estimate of drug-likeness (QED) is 0.427. The maximum atomic E-state index is 15.0. The van der Waals surface area contributed by atoms with Crippen LogP contribution < -0.4 is 4.74 Å². The van der Waals surface area contributed by atoms with E-state index in [4.69, 9.17) is 4.74 Å². The molecule has 0 saturated heterocycles. The number of hydrogen-bond donors (Lipinski definition) is 0. The molecule has 0 radical (unpaired) electrons. The fourth-order valence-corrected chi connectivity index (χ4v) is 2.98. The van der Waals surface area contributed by atoms with Gasteiger partial charge in [0.15, 0.2) is 11.6 Å². The van der Waals surface area contributed by atoms with Crippen LogP contribution in [0.2, 0.25) is 0 Å². The molecule has 0 unspecified atom stereocenters. The van der Waals surface area contributed by atoms with E-state index in [2.05, 4.69) is 13.2 Å². The van der Waals surface area contributed by atoms with E-state index in [-0.39, 0.29) is 16.5 Å². The number of halogens is 3. The average molecular weight is 368 g/mol. The minimum absolute atomic E-state index is 0.204. The molecule has 0 aliphatic carbocycles. The third-order valence-electron chi connectivity index (χ3n) is 4.35. The van der Waals surface area contributed by atoms with E-state index in [1.807, 2.05) is 0 Å². The van der Waals surface area contributed by atoms with Crippen LogP contribution in [0.5, 0.6) is 5.75 Å². The van der Waals surface area contributed by atoms with Crippen LogP contribution in [0.1, 0.15) is 12.0 Å². The minimum Gasteiger partial charge on any atom is -0.490 e. The van der Waals surface area contributed by atoms with Gasteiger partial charge in [-0.2, -0.15) is 0 Å². The predicted molar refractivity (Wildman–Crippen MR) is 103 cm³/mol. The summed E-state index contributed by atoms with van der Waals surface area (Å²) in [5.41, 5.74) is 0.974. The van der Waals surface area contributed by atoms with E-state index < -0.39 is 17.5 Å². The van der Waals surface area contributed by atoms with E-state index >= 15 is 4.39 Å². The zero-order valence-electron chi connectivity index (χ0n) is 14.8. The Bertz CT molecular complexity index is 991. The third-order valence-corrected chi connectivity index (χ3v) is 4.35. The van der Waals surface area contributed by atoms with Gasteiger partial charge in [0.05, 0.1) is 5.39 Å². The van der Waals surface area contributed by atoms with Gasteiger partial charge < -0.3 is 4.74 Å². The van der Waals surface area contributed by atoms with Crippen LogP contribution in [0, 0.1) is 17.5 Å². The van der Waals surface area contributed by atoms with Crippen LogP contribution in [0.15, 0.2) is 67.8 Å². The van der Waals surface area contributed by atoms with Crippen LogP contribution in [0.3, 0.4) is 0 Å². The summed E-state index contributed by atoms with van der Waals surface area (Å²) in [5.74, 6) is -2.33. The summed E-state index contributed by atoms with van der Waals surface area (Å²) < 4.78 is 49.3. The summed E-state index contributed by atoms with van der Waals surface area (Å²) in [5, 5.41) is -0.000476. The molecule has 0 aliphatic rings. The van der Waals surface area contributed by atoms with Gasteiger partial charge in [0.1, 0.15) is 18.2 Å². The normalized spacial score (nSPS) is 10.8. The van der Waals surface area contributed by atoms with Gasteiger partial charge in [0.2, 0.25) is 0 Å². The maximum absolute atomic E-state index is 15.0. The van der Waals surface area contributed by atoms with Gasteiger partial charge in [-0.25, -0.2) is 13.2 Å². The molecule has 0 fully saturated rings. The summed E-state index contributed by atoms with van der Waals surface area (Å²) in [4.78, 5) is 0. The Balaban J connectivity index is 2.05. The largest absolute Gasteiger partial charge is 0.490 e. The first-order chi connectivity index (χ1) is 13.1. The zero-order chi connectivity index (χ0) is 19.4. The third kappa shape index (κ3) is 3.75. The maximum Gasteiger partial charge on any atom is 0.169 e. The first kappa shape index (κ1) is 18.8. The smallest absolute Gasteiger partial charge is 0.169 e. The van der Waals surface area contributed by atoms with E-state index in [1.165, 1.54) is 6.07 Å². The van der Waals surface area contributed by atoms with Gasteiger partial charge in [0.25, 0.3) is 0 Å². The molecule has 138 valence electrons. The van der Waals surface area contributed by atoms with Gasteiger partial charge in [-0.05, 0) is 47.6 Å². The zero-order valence-corrected chi connectivity index (χ0v) is 14.8. The van der Waals surface area contributed by atoms with Gasteiger partial charge in [-0.3, -0.25) is 0 Å². The molecule has 0 spiro atoms. The van der Waals surface area contributed by atoms with Crippen molar-refractivity contribution in [3.8, 4) is 16.9 Å². The standard InChI is InChI=1S/C23H19F3O/c1-3-5-6-17-14-16-9-12-19(22(25)20(16)23(26)21(17)24)15-7-10-18(11-8-15)27-13-4-2/h3-4,7-12,14H,1-2,5-6,13H2. The second-order valence-electron chi connectivity index (χ2n) is 6.14. The van der Waals surface area contributed by atoms with Crippen LogP contribution in [-0.2, 0) is 6.42 Å². The molecule has 4 heteroatoms. The lowest BCUT2D eigenvalue weighted by Gasteiger charge is -2.11. The lowest BCUT2D eigenvalue weighted by molar-refractivity contribution is 0.363. The molecule has 0 atom stereocenters. The van der Waals surface area contributed by atoms with Crippen molar-refractivity contribution in [2.45, 2.75) is 12.8 Å².